The third-order valence-electron chi connectivity index (χ3n) is 22.7. The number of nitrogens with zero attached hydrogens (tertiary/aromatic N) is 7. The number of hydrogen-bond acceptors (Lipinski definition) is 14. The summed E-state index contributed by atoms with van der Waals surface area (Å²) >= 11 is 0. The van der Waals surface area contributed by atoms with Crippen molar-refractivity contribution in [3.8, 4) is 0 Å². The first-order chi connectivity index (χ1) is 55.3. The van der Waals surface area contributed by atoms with Crippen LogP contribution in [0.5, 0.6) is 0 Å². The number of alkyl halides is 21. The minimum atomic E-state index is -6.72. The van der Waals surface area contributed by atoms with Gasteiger partial charge >= 0.3 is 47.6 Å². The van der Waals surface area contributed by atoms with E-state index < -0.39 is 151 Å². The second-order valence-corrected chi connectivity index (χ2v) is 39.1. The van der Waals surface area contributed by atoms with Gasteiger partial charge in [0.15, 0.2) is 24.9 Å². The molecule has 0 N–H and O–H groups in total. The predicted octanol–water partition coefficient (Wildman–Crippen LogP) is 22.1. The maximum atomic E-state index is 15.2. The molecule has 0 aromatic heterocycles. The Labute approximate surface area is 708 Å². The molecule has 0 unspecified atom stereocenters. The van der Waals surface area contributed by atoms with E-state index in [1.54, 1.807) is 57.5 Å². The van der Waals surface area contributed by atoms with Crippen LogP contribution in [-0.2, 0) is 33.6 Å². The number of hydrogen-bond donors (Lipinski definition) is 0. The number of halogens is 21. The van der Waals surface area contributed by atoms with Crippen molar-refractivity contribution in [1.82, 2.24) is 24.5 Å². The van der Waals surface area contributed by atoms with Crippen molar-refractivity contribution >= 4 is 51.9 Å². The number of carbonyl (C=O) groups excluding carboxylic acids is 7. The van der Waals surface area contributed by atoms with Gasteiger partial charge in [-0.15, -0.1) is 0 Å². The molecular formula is C88H122F21N7O7. The fourth-order valence-electron chi connectivity index (χ4n) is 14.2. The van der Waals surface area contributed by atoms with E-state index in [0.29, 0.717) is 36.6 Å². The zero-order chi connectivity index (χ0) is 95.4. The number of benzene rings is 1. The summed E-state index contributed by atoms with van der Waals surface area (Å²) in [6.07, 6.45) is 4.27. The Bertz CT molecular complexity index is 4110. The van der Waals surface area contributed by atoms with Crippen molar-refractivity contribution in [2.75, 3.05) is 75.5 Å². The van der Waals surface area contributed by atoms with E-state index in [1.807, 2.05) is 38.1 Å². The minimum absolute atomic E-state index is 0.0161. The van der Waals surface area contributed by atoms with E-state index in [2.05, 4.69) is 44.4 Å². The van der Waals surface area contributed by atoms with Gasteiger partial charge in [-0.3, -0.25) is 33.6 Å². The number of anilines is 2. The molecule has 0 amide bonds. The Hall–Kier alpha value is -7.78. The number of ketones is 7. The number of carbonyl (C=O) groups is 7. The lowest BCUT2D eigenvalue weighted by Crippen LogP contribution is -2.63. The molecule has 7 heterocycles. The molecule has 1 aromatic carbocycles. The Morgan fingerprint density at radius 1 is 0.366 bits per heavy atom. The highest BCUT2D eigenvalue weighted by atomic mass is 19.4. The highest BCUT2D eigenvalue weighted by Gasteiger charge is 2.79. The topological polar surface area (TPSA) is 142 Å². The van der Waals surface area contributed by atoms with E-state index in [-0.39, 0.29) is 85.3 Å². The first kappa shape index (κ1) is 108. The molecule has 7 aliphatic heterocycles. The molecule has 0 radical (unpaired) electrons. The average Bonchev–Trinajstić information content (AvgIpc) is 0.726. The van der Waals surface area contributed by atoms with Crippen LogP contribution in [0.3, 0.4) is 0 Å². The highest BCUT2D eigenvalue weighted by Crippen LogP contribution is 2.55. The number of Topliss-reactive ketones (excluding diaryl/α,β-unsaturated/α-hetero) is 7. The van der Waals surface area contributed by atoms with Crippen molar-refractivity contribution < 1.29 is 126 Å². The quantitative estimate of drug-likeness (QED) is 0.102. The molecule has 123 heavy (non-hydrogen) atoms. The standard InChI is InChI=1S/C28H29F11N2O2.C27H40F6N2O2.C11H17F2NO.2C11H18FNO/c1-22(2)10-12-40(14-16(22)20(42)25(31,32)24(5,29)30)18-8-6-7-9-19(18)41-13-11-23(3,4)17(15-41)21(43)26(33,34)27(35,36)28(37,38)39;1-21(2,3)34-13-11-23(7,8)17(15-34)19(36)25(28,29)27(32,33)26(30,31)20(37)18-16-35(22(4,5)6)14-12-24(18,9)10;1-11(2,3)14-6-4-5-8(7-14)9(15)10(12)13;1-11(2,3)13-6-4-5-9(8-13)10(14)7-12;1-9(2)7-13-5-3-4-10(8-13)11(14)6-12/h6-9,14-15H,10-13H2,1-5H3;15-16H,11-14H2,1-10H3;7,10H,4-6H2,1-3H3;8H,4-7H2,1-3H3;8-9H,3-7H2,1-2H3. The largest absolute Gasteiger partial charge is 0.460 e. The van der Waals surface area contributed by atoms with Crippen molar-refractivity contribution in [2.45, 2.75) is 300 Å². The Balaban J connectivity index is 0.000000353. The van der Waals surface area contributed by atoms with Crippen LogP contribution in [0.2, 0.25) is 0 Å². The maximum absolute atomic E-state index is 15.2. The molecule has 8 rings (SSSR count). The molecule has 1 aromatic rings. The van der Waals surface area contributed by atoms with Gasteiger partial charge in [0.2, 0.25) is 28.9 Å². The molecule has 0 atom stereocenters. The molecule has 0 aliphatic carbocycles. The molecule has 0 spiro atoms. The molecule has 0 saturated heterocycles. The van der Waals surface area contributed by atoms with Crippen molar-refractivity contribution in [3.63, 3.8) is 0 Å². The van der Waals surface area contributed by atoms with Gasteiger partial charge in [-0.2, -0.15) is 74.6 Å². The molecular weight excluding hydrogens is 1670 g/mol. The number of allylic oxidation sites excluding steroid dienone is 7. The monoisotopic (exact) mass is 1790 g/mol. The number of para-hydroxylation sites is 2. The predicted molar refractivity (Wildman–Crippen MR) is 431 cm³/mol. The van der Waals surface area contributed by atoms with E-state index in [0.717, 1.165) is 88.0 Å². The van der Waals surface area contributed by atoms with Gasteiger partial charge in [-0.25, -0.2) is 17.6 Å². The molecule has 35 heteroatoms. The number of rotatable bonds is 22. The van der Waals surface area contributed by atoms with E-state index in [1.165, 1.54) is 84.6 Å². The Morgan fingerprint density at radius 3 is 0.959 bits per heavy atom. The van der Waals surface area contributed by atoms with Gasteiger partial charge in [0, 0.05) is 164 Å². The molecule has 0 bridgehead atoms. The zero-order valence-electron chi connectivity index (χ0n) is 74.6. The summed E-state index contributed by atoms with van der Waals surface area (Å²) in [7, 11) is 0. The fraction of sp³-hybridized carbons (Fsp3) is 0.693. The molecule has 0 saturated carbocycles. The summed E-state index contributed by atoms with van der Waals surface area (Å²) in [6, 6.07) is 5.68. The van der Waals surface area contributed by atoms with Crippen LogP contribution in [0.1, 0.15) is 223 Å². The second kappa shape index (κ2) is 38.8. The van der Waals surface area contributed by atoms with E-state index in [4.69, 9.17) is 0 Å². The summed E-state index contributed by atoms with van der Waals surface area (Å²) in [5, 5.41) is 0. The van der Waals surface area contributed by atoms with Crippen LogP contribution >= 0.6 is 0 Å². The smallest absolute Gasteiger partial charge is 0.377 e. The highest BCUT2D eigenvalue weighted by molar-refractivity contribution is 6.07. The van der Waals surface area contributed by atoms with Crippen molar-refractivity contribution in [1.29, 1.82) is 0 Å². The van der Waals surface area contributed by atoms with Gasteiger partial charge in [-0.05, 0) is 187 Å². The normalized spacial score (nSPS) is 19.6. The van der Waals surface area contributed by atoms with Gasteiger partial charge in [-0.1, -0.05) is 81.4 Å². The second-order valence-electron chi connectivity index (χ2n) is 39.1. The van der Waals surface area contributed by atoms with Gasteiger partial charge < -0.3 is 34.3 Å². The van der Waals surface area contributed by atoms with Crippen LogP contribution in [0.4, 0.5) is 104 Å². The van der Waals surface area contributed by atoms with Crippen LogP contribution in [0.25, 0.3) is 0 Å². The van der Waals surface area contributed by atoms with Crippen LogP contribution in [0.15, 0.2) is 107 Å². The van der Waals surface area contributed by atoms with Crippen LogP contribution in [-0.4, -0.2) is 207 Å². The lowest BCUT2D eigenvalue weighted by molar-refractivity contribution is -0.343. The van der Waals surface area contributed by atoms with Crippen LogP contribution in [0, 0.1) is 27.6 Å². The lowest BCUT2D eigenvalue weighted by atomic mass is 9.73. The van der Waals surface area contributed by atoms with E-state index >= 15 is 26.3 Å². The summed E-state index contributed by atoms with van der Waals surface area (Å²) in [6.45, 7) is 40.5. The Morgan fingerprint density at radius 2 is 0.650 bits per heavy atom. The molecule has 698 valence electrons. The minimum Gasteiger partial charge on any atom is -0.377 e. The summed E-state index contributed by atoms with van der Waals surface area (Å²) < 4.78 is 291. The SMILES string of the molecule is CC(C)(C)N1C=C(C(=O)C(F)F)CCC1.CC(C)(C)N1C=C(C(=O)CF)CCC1.CC(C)CN1C=C(C(=O)CF)CCC1.CC1(C)CCN(C(C)(C)C)C=C1C(=O)C(F)(F)C(F)(F)C(F)(F)C(=O)C1=CN(C(C)(C)C)CCC1(C)C.CC1(C)CCN(c2ccccc2N2C=C(C(=O)C(F)(F)C(F)(F)C(F)(F)F)C(C)(C)CC2)C=C1C(=O)C(F)(F)C(C)(F)F. The van der Waals surface area contributed by atoms with E-state index in [9.17, 15) is 99.4 Å². The molecule has 0 fully saturated rings. The van der Waals surface area contributed by atoms with Gasteiger partial charge in [0.05, 0.1) is 11.4 Å². The summed E-state index contributed by atoms with van der Waals surface area (Å²) in [5.41, 5.74) is -7.95. The average molecular weight is 1790 g/mol. The zero-order valence-corrected chi connectivity index (χ0v) is 74.6. The fourth-order valence-corrected chi connectivity index (χ4v) is 14.2. The van der Waals surface area contributed by atoms with Gasteiger partial charge in [0.1, 0.15) is 0 Å². The molecule has 7 aliphatic rings. The summed E-state index contributed by atoms with van der Waals surface area (Å²) in [4.78, 5) is 96.3. The van der Waals surface area contributed by atoms with Crippen molar-refractivity contribution in [3.05, 3.63) is 107 Å². The lowest BCUT2D eigenvalue weighted by Gasteiger charge is -2.45. The van der Waals surface area contributed by atoms with Gasteiger partial charge in [0.25, 0.3) is 6.43 Å². The first-order valence-corrected chi connectivity index (χ1v) is 40.7. The third kappa shape index (κ3) is 25.3. The Kier molecular flexibility index (Phi) is 33.9. The first-order valence-electron chi connectivity index (χ1n) is 40.7. The third-order valence-corrected chi connectivity index (χ3v) is 22.7. The van der Waals surface area contributed by atoms with Crippen LogP contribution < -0.4 is 9.80 Å². The van der Waals surface area contributed by atoms with Crippen molar-refractivity contribution in [2.24, 2.45) is 27.6 Å². The molecule has 14 nitrogen and oxygen atoms in total. The summed E-state index contributed by atoms with van der Waals surface area (Å²) in [5.74, 6) is -51.3. The maximum Gasteiger partial charge on any atom is 0.460 e.